The summed E-state index contributed by atoms with van der Waals surface area (Å²) in [5.41, 5.74) is -0.938. The molecule has 9 heavy (non-hydrogen) atoms. The number of hydrogen-bond acceptors (Lipinski definition) is 3. The third kappa shape index (κ3) is 0.686. The molecule has 3 nitrogen and oxygen atoms in total. The van der Waals surface area contributed by atoms with Crippen molar-refractivity contribution in [3.63, 3.8) is 0 Å². The molecule has 0 saturated carbocycles. The summed E-state index contributed by atoms with van der Waals surface area (Å²) >= 11 is 0. The van der Waals surface area contributed by atoms with E-state index in [0.717, 1.165) is 0 Å². The molecule has 1 N–H and O–H groups in total. The van der Waals surface area contributed by atoms with E-state index in [-0.39, 0.29) is 5.78 Å². The number of epoxide rings is 1. The molecule has 1 aliphatic heterocycles. The largest absolute Gasteiger partial charge is 0.363 e. The zero-order chi connectivity index (χ0) is 7.28. The molecule has 1 heterocycles. The summed E-state index contributed by atoms with van der Waals surface area (Å²) in [5.74, 6) is -1.36. The van der Waals surface area contributed by atoms with Gasteiger partial charge >= 0.3 is 0 Å². The van der Waals surface area contributed by atoms with Crippen LogP contribution in [0.3, 0.4) is 0 Å². The SMILES string of the molecule is CC(=O)C1(C)OC1(C)O. The molecule has 0 radical (unpaired) electrons. The summed E-state index contributed by atoms with van der Waals surface area (Å²) in [6.07, 6.45) is 0. The fourth-order valence-corrected chi connectivity index (χ4v) is 0.770. The minimum atomic E-state index is -1.22. The fraction of sp³-hybridized carbons (Fsp3) is 0.833. The highest BCUT2D eigenvalue weighted by molar-refractivity contribution is 5.88. The molecule has 52 valence electrons. The van der Waals surface area contributed by atoms with Crippen molar-refractivity contribution in [3.05, 3.63) is 0 Å². The van der Waals surface area contributed by atoms with Gasteiger partial charge in [0.1, 0.15) is 0 Å². The predicted octanol–water partition coefficient (Wildman–Crippen LogP) is 0.0728. The first-order chi connectivity index (χ1) is 3.90. The Kier molecular flexibility index (Phi) is 1.01. The van der Waals surface area contributed by atoms with Gasteiger partial charge in [0.2, 0.25) is 5.79 Å². The van der Waals surface area contributed by atoms with Crippen LogP contribution in [0.1, 0.15) is 20.8 Å². The van der Waals surface area contributed by atoms with Crippen LogP contribution in [0.4, 0.5) is 0 Å². The normalized spacial score (nSPS) is 48.9. The highest BCUT2D eigenvalue weighted by atomic mass is 16.8. The van der Waals surface area contributed by atoms with E-state index < -0.39 is 11.4 Å². The predicted molar refractivity (Wildman–Crippen MR) is 30.8 cm³/mol. The average Bonchev–Trinajstić information content (AvgIpc) is 2.08. The summed E-state index contributed by atoms with van der Waals surface area (Å²) in [7, 11) is 0. The van der Waals surface area contributed by atoms with Crippen LogP contribution in [0.25, 0.3) is 0 Å². The Morgan fingerprint density at radius 1 is 1.56 bits per heavy atom. The number of ketones is 1. The lowest BCUT2D eigenvalue weighted by Crippen LogP contribution is -2.26. The highest BCUT2D eigenvalue weighted by Gasteiger charge is 2.66. The topological polar surface area (TPSA) is 49.8 Å². The van der Waals surface area contributed by atoms with Crippen molar-refractivity contribution in [2.24, 2.45) is 0 Å². The Balaban J connectivity index is 2.74. The van der Waals surface area contributed by atoms with Crippen LogP contribution in [0, 0.1) is 0 Å². The molecule has 1 saturated heterocycles. The molecule has 0 aromatic carbocycles. The van der Waals surface area contributed by atoms with E-state index in [1.165, 1.54) is 13.8 Å². The standard InChI is InChI=1S/C6H10O3/c1-4(7)5(2)6(3,8)9-5/h8H,1-3H3. The number of hydrogen-bond donors (Lipinski definition) is 1. The van der Waals surface area contributed by atoms with Crippen molar-refractivity contribution in [2.75, 3.05) is 0 Å². The van der Waals surface area contributed by atoms with Gasteiger partial charge in [-0.2, -0.15) is 0 Å². The Morgan fingerprint density at radius 3 is 1.89 bits per heavy atom. The maximum atomic E-state index is 10.7. The summed E-state index contributed by atoms with van der Waals surface area (Å²) in [4.78, 5) is 10.7. The van der Waals surface area contributed by atoms with Gasteiger partial charge in [-0.1, -0.05) is 0 Å². The van der Waals surface area contributed by atoms with Crippen molar-refractivity contribution >= 4 is 5.78 Å². The maximum Gasteiger partial charge on any atom is 0.200 e. The van der Waals surface area contributed by atoms with Crippen molar-refractivity contribution in [1.29, 1.82) is 0 Å². The van der Waals surface area contributed by atoms with Gasteiger partial charge < -0.3 is 9.84 Å². The zero-order valence-corrected chi connectivity index (χ0v) is 5.76. The van der Waals surface area contributed by atoms with E-state index in [2.05, 4.69) is 0 Å². The molecule has 3 heteroatoms. The van der Waals surface area contributed by atoms with Gasteiger partial charge in [0.25, 0.3) is 0 Å². The Morgan fingerprint density at radius 2 is 1.89 bits per heavy atom. The lowest BCUT2D eigenvalue weighted by Gasteiger charge is -1.99. The molecule has 0 aromatic rings. The van der Waals surface area contributed by atoms with Gasteiger partial charge in [-0.15, -0.1) is 0 Å². The third-order valence-electron chi connectivity index (χ3n) is 1.92. The molecule has 0 aromatic heterocycles. The quantitative estimate of drug-likeness (QED) is 0.511. The van der Waals surface area contributed by atoms with E-state index in [9.17, 15) is 4.79 Å². The molecule has 0 spiro atoms. The smallest absolute Gasteiger partial charge is 0.200 e. The van der Waals surface area contributed by atoms with E-state index in [4.69, 9.17) is 9.84 Å². The highest BCUT2D eigenvalue weighted by Crippen LogP contribution is 2.45. The van der Waals surface area contributed by atoms with Crippen LogP contribution in [-0.4, -0.2) is 22.3 Å². The summed E-state index contributed by atoms with van der Waals surface area (Å²) in [5, 5.41) is 9.08. The van der Waals surface area contributed by atoms with Crippen LogP contribution in [0.5, 0.6) is 0 Å². The Hall–Kier alpha value is -0.410. The lowest BCUT2D eigenvalue weighted by molar-refractivity contribution is -0.121. The van der Waals surface area contributed by atoms with Crippen molar-refractivity contribution in [3.8, 4) is 0 Å². The number of ether oxygens (including phenoxy) is 1. The summed E-state index contributed by atoms with van der Waals surface area (Å²) in [6.45, 7) is 4.46. The number of carbonyl (C=O) groups is 1. The molecule has 1 fully saturated rings. The summed E-state index contributed by atoms with van der Waals surface area (Å²) in [6, 6.07) is 0. The van der Waals surface area contributed by atoms with Crippen LogP contribution in [-0.2, 0) is 9.53 Å². The number of aliphatic hydroxyl groups is 1. The minimum Gasteiger partial charge on any atom is -0.363 e. The van der Waals surface area contributed by atoms with E-state index in [1.807, 2.05) is 0 Å². The zero-order valence-electron chi connectivity index (χ0n) is 5.76. The second-order valence-electron chi connectivity index (χ2n) is 2.67. The lowest BCUT2D eigenvalue weighted by atomic mass is 10.0. The molecule has 0 bridgehead atoms. The molecule has 0 amide bonds. The van der Waals surface area contributed by atoms with Gasteiger partial charge in [0.05, 0.1) is 0 Å². The Labute approximate surface area is 53.6 Å². The van der Waals surface area contributed by atoms with E-state index in [0.29, 0.717) is 0 Å². The monoisotopic (exact) mass is 130 g/mol. The van der Waals surface area contributed by atoms with Gasteiger partial charge in [0, 0.05) is 0 Å². The van der Waals surface area contributed by atoms with Crippen LogP contribution in [0.2, 0.25) is 0 Å². The second kappa shape index (κ2) is 1.36. The first-order valence-corrected chi connectivity index (χ1v) is 2.84. The van der Waals surface area contributed by atoms with Gasteiger partial charge in [-0.25, -0.2) is 0 Å². The number of rotatable bonds is 1. The number of Topliss-reactive ketones (excluding diaryl/α,β-unsaturated/α-hetero) is 1. The first-order valence-electron chi connectivity index (χ1n) is 2.84. The Bertz CT molecular complexity index is 162. The van der Waals surface area contributed by atoms with E-state index in [1.54, 1.807) is 6.92 Å². The summed E-state index contributed by atoms with van der Waals surface area (Å²) < 4.78 is 4.76. The molecular formula is C6H10O3. The van der Waals surface area contributed by atoms with Crippen molar-refractivity contribution < 1.29 is 14.6 Å². The van der Waals surface area contributed by atoms with E-state index >= 15 is 0 Å². The van der Waals surface area contributed by atoms with Gasteiger partial charge in [-0.05, 0) is 20.8 Å². The first kappa shape index (κ1) is 6.71. The fourth-order valence-electron chi connectivity index (χ4n) is 0.770. The van der Waals surface area contributed by atoms with Crippen LogP contribution < -0.4 is 0 Å². The third-order valence-corrected chi connectivity index (χ3v) is 1.92. The van der Waals surface area contributed by atoms with Gasteiger partial charge in [0.15, 0.2) is 11.4 Å². The van der Waals surface area contributed by atoms with Crippen LogP contribution in [0.15, 0.2) is 0 Å². The molecule has 2 atom stereocenters. The molecule has 1 rings (SSSR count). The number of carbonyl (C=O) groups excluding carboxylic acids is 1. The molecular weight excluding hydrogens is 120 g/mol. The van der Waals surface area contributed by atoms with Crippen molar-refractivity contribution in [2.45, 2.75) is 32.2 Å². The van der Waals surface area contributed by atoms with Crippen LogP contribution >= 0.6 is 0 Å². The van der Waals surface area contributed by atoms with Gasteiger partial charge in [-0.3, -0.25) is 4.79 Å². The van der Waals surface area contributed by atoms with Crippen molar-refractivity contribution in [1.82, 2.24) is 0 Å². The maximum absolute atomic E-state index is 10.7. The molecule has 0 aliphatic carbocycles. The minimum absolute atomic E-state index is 0.132. The molecule has 2 unspecified atom stereocenters. The molecule has 1 aliphatic rings. The average molecular weight is 130 g/mol. The second-order valence-corrected chi connectivity index (χ2v) is 2.67.